The van der Waals surface area contributed by atoms with Crippen LogP contribution in [-0.2, 0) is 4.79 Å². The number of carbonyl (C=O) groups is 1. The van der Waals surface area contributed by atoms with Crippen LogP contribution in [0.25, 0.3) is 0 Å². The number of fused-ring (bicyclic) bond motifs is 7. The Bertz CT molecular complexity index is 725. The van der Waals surface area contributed by atoms with Crippen molar-refractivity contribution in [1.29, 1.82) is 0 Å². The first kappa shape index (κ1) is 15.0. The van der Waals surface area contributed by atoms with Crippen molar-refractivity contribution in [2.75, 3.05) is 0 Å². The molecule has 3 saturated carbocycles. The van der Waals surface area contributed by atoms with Crippen LogP contribution >= 0.6 is 0 Å². The predicted molar refractivity (Wildman–Crippen MR) is 92.7 cm³/mol. The molecule has 0 aliphatic heterocycles. The standard InChI is InChI=1S/C22H26O2/c1-4-13-19-17(23)11-12-5-6-14-15-7-8-18(24)21(15,2)10-9-16(14)22(12,3)20(13)19/h1,7-8,11,13-16,18-20,24H,5-6,9-10H2,2-3H3/t13?,14-,15-,16-,18+,19?,20?,21-,22-/m0/s1. The van der Waals surface area contributed by atoms with Crippen molar-refractivity contribution in [3.63, 3.8) is 0 Å². The van der Waals surface area contributed by atoms with E-state index in [9.17, 15) is 9.90 Å². The van der Waals surface area contributed by atoms with E-state index < -0.39 is 0 Å². The van der Waals surface area contributed by atoms with E-state index in [0.29, 0.717) is 23.7 Å². The minimum Gasteiger partial charge on any atom is -0.388 e. The van der Waals surface area contributed by atoms with E-state index in [2.05, 4.69) is 25.8 Å². The van der Waals surface area contributed by atoms with Crippen LogP contribution in [0, 0.1) is 58.7 Å². The second-order valence-corrected chi connectivity index (χ2v) is 9.31. The molecular formula is C22H26O2. The lowest BCUT2D eigenvalue weighted by Gasteiger charge is -2.57. The van der Waals surface area contributed by atoms with Gasteiger partial charge >= 0.3 is 0 Å². The van der Waals surface area contributed by atoms with Crippen molar-refractivity contribution in [3.8, 4) is 12.3 Å². The Kier molecular flexibility index (Phi) is 2.77. The van der Waals surface area contributed by atoms with Gasteiger partial charge in [-0.1, -0.05) is 31.6 Å². The lowest BCUT2D eigenvalue weighted by atomic mass is 9.47. The summed E-state index contributed by atoms with van der Waals surface area (Å²) in [4.78, 5) is 12.4. The zero-order chi connectivity index (χ0) is 16.9. The van der Waals surface area contributed by atoms with E-state index in [1.54, 1.807) is 0 Å². The summed E-state index contributed by atoms with van der Waals surface area (Å²) in [6, 6.07) is 0. The third kappa shape index (κ3) is 1.51. The highest BCUT2D eigenvalue weighted by atomic mass is 16.3. The first-order valence-corrected chi connectivity index (χ1v) is 9.50. The molecule has 2 nitrogen and oxygen atoms in total. The lowest BCUT2D eigenvalue weighted by Crippen LogP contribution is -2.52. The molecule has 3 fully saturated rings. The maximum Gasteiger partial charge on any atom is 0.160 e. The summed E-state index contributed by atoms with van der Waals surface area (Å²) in [6.07, 6.45) is 16.1. The van der Waals surface area contributed by atoms with Gasteiger partial charge in [-0.15, -0.1) is 12.3 Å². The molecule has 5 aliphatic rings. The maximum atomic E-state index is 12.4. The van der Waals surface area contributed by atoms with Gasteiger partial charge in [0.25, 0.3) is 0 Å². The van der Waals surface area contributed by atoms with E-state index in [1.165, 1.54) is 5.57 Å². The molecule has 0 aromatic heterocycles. The fraction of sp³-hybridized carbons (Fsp3) is 0.682. The molecule has 0 saturated heterocycles. The summed E-state index contributed by atoms with van der Waals surface area (Å²) < 4.78 is 0. The molecule has 0 aromatic rings. The SMILES string of the molecule is C#CC1C2C(=O)C=C3CC[C@H]4[C@@H]5C=C[C@@H](O)[C@@]5(C)CC[C@@H]4[C@@]3(C)C12. The number of aliphatic hydroxyl groups is 1. The van der Waals surface area contributed by atoms with Gasteiger partial charge in [-0.3, -0.25) is 4.79 Å². The zero-order valence-corrected chi connectivity index (χ0v) is 14.5. The van der Waals surface area contributed by atoms with Crippen LogP contribution in [0.2, 0.25) is 0 Å². The van der Waals surface area contributed by atoms with Gasteiger partial charge in [0.2, 0.25) is 0 Å². The Hall–Kier alpha value is -1.33. The first-order valence-electron chi connectivity index (χ1n) is 9.50. The summed E-state index contributed by atoms with van der Waals surface area (Å²) in [5, 5.41) is 10.5. The molecule has 3 unspecified atom stereocenters. The number of hydrogen-bond donors (Lipinski definition) is 1. The van der Waals surface area contributed by atoms with E-state index in [4.69, 9.17) is 6.42 Å². The van der Waals surface area contributed by atoms with Crippen LogP contribution in [0.4, 0.5) is 0 Å². The molecule has 0 bridgehead atoms. The summed E-state index contributed by atoms with van der Waals surface area (Å²) in [7, 11) is 0. The van der Waals surface area contributed by atoms with E-state index >= 15 is 0 Å². The number of allylic oxidation sites excluding steroid dienone is 3. The van der Waals surface area contributed by atoms with Crippen molar-refractivity contribution >= 4 is 5.78 Å². The minimum atomic E-state index is -0.298. The van der Waals surface area contributed by atoms with E-state index in [1.807, 2.05) is 12.2 Å². The van der Waals surface area contributed by atoms with Crippen LogP contribution < -0.4 is 0 Å². The number of ketones is 1. The van der Waals surface area contributed by atoms with Crippen LogP contribution in [0.5, 0.6) is 0 Å². The normalized spacial score (nSPS) is 57.2. The van der Waals surface area contributed by atoms with Crippen LogP contribution in [0.3, 0.4) is 0 Å². The van der Waals surface area contributed by atoms with Crippen LogP contribution in [-0.4, -0.2) is 17.0 Å². The highest BCUT2D eigenvalue weighted by Crippen LogP contribution is 2.72. The summed E-state index contributed by atoms with van der Waals surface area (Å²) in [5.74, 6) is 5.49. The van der Waals surface area contributed by atoms with E-state index in [-0.39, 0.29) is 34.6 Å². The number of aliphatic hydroxyl groups excluding tert-OH is 1. The second-order valence-electron chi connectivity index (χ2n) is 9.31. The topological polar surface area (TPSA) is 37.3 Å². The smallest absolute Gasteiger partial charge is 0.160 e. The highest BCUT2D eigenvalue weighted by molar-refractivity contribution is 5.97. The Labute approximate surface area is 144 Å². The Morgan fingerprint density at radius 1 is 1.29 bits per heavy atom. The predicted octanol–water partition coefficient (Wildman–Crippen LogP) is 3.37. The average molecular weight is 322 g/mol. The first-order chi connectivity index (χ1) is 11.4. The van der Waals surface area contributed by atoms with Gasteiger partial charge in [0.15, 0.2) is 5.78 Å². The maximum absolute atomic E-state index is 12.4. The quantitative estimate of drug-likeness (QED) is 0.548. The summed E-state index contributed by atoms with van der Waals surface area (Å²) in [6.45, 7) is 4.66. The second kappa shape index (κ2) is 4.44. The Morgan fingerprint density at radius 2 is 2.08 bits per heavy atom. The molecule has 126 valence electrons. The Morgan fingerprint density at radius 3 is 2.83 bits per heavy atom. The molecule has 24 heavy (non-hydrogen) atoms. The molecular weight excluding hydrogens is 296 g/mol. The monoisotopic (exact) mass is 322 g/mol. The third-order valence-electron chi connectivity index (χ3n) is 8.67. The Balaban J connectivity index is 1.57. The van der Waals surface area contributed by atoms with Crippen LogP contribution in [0.1, 0.15) is 39.5 Å². The van der Waals surface area contributed by atoms with Gasteiger partial charge < -0.3 is 5.11 Å². The number of carbonyl (C=O) groups excluding carboxylic acids is 1. The van der Waals surface area contributed by atoms with Gasteiger partial charge in [-0.25, -0.2) is 0 Å². The van der Waals surface area contributed by atoms with Crippen molar-refractivity contribution in [1.82, 2.24) is 0 Å². The molecule has 9 atom stereocenters. The highest BCUT2D eigenvalue weighted by Gasteiger charge is 2.69. The fourth-order valence-corrected chi connectivity index (χ4v) is 7.27. The number of terminal acetylenes is 1. The number of hydrogen-bond acceptors (Lipinski definition) is 2. The molecule has 0 amide bonds. The molecule has 5 rings (SSSR count). The van der Waals surface area contributed by atoms with Gasteiger partial charge in [-0.05, 0) is 60.8 Å². The third-order valence-corrected chi connectivity index (χ3v) is 8.67. The molecule has 5 aliphatic carbocycles. The van der Waals surface area contributed by atoms with E-state index in [0.717, 1.165) is 25.7 Å². The average Bonchev–Trinajstić information content (AvgIpc) is 3.24. The van der Waals surface area contributed by atoms with Crippen molar-refractivity contribution < 1.29 is 9.90 Å². The summed E-state index contributed by atoms with van der Waals surface area (Å²) in [5.41, 5.74) is 1.48. The van der Waals surface area contributed by atoms with Gasteiger partial charge in [0.05, 0.1) is 6.10 Å². The minimum absolute atomic E-state index is 0.0116. The van der Waals surface area contributed by atoms with Gasteiger partial charge in [0, 0.05) is 17.3 Å². The van der Waals surface area contributed by atoms with Gasteiger partial charge in [0.1, 0.15) is 0 Å². The molecule has 0 spiro atoms. The molecule has 0 radical (unpaired) electrons. The molecule has 2 heteroatoms. The molecule has 0 aromatic carbocycles. The summed E-state index contributed by atoms with van der Waals surface area (Å²) >= 11 is 0. The fourth-order valence-electron chi connectivity index (χ4n) is 7.27. The molecule has 0 heterocycles. The largest absolute Gasteiger partial charge is 0.388 e. The van der Waals surface area contributed by atoms with Crippen molar-refractivity contribution in [2.45, 2.75) is 45.6 Å². The zero-order valence-electron chi connectivity index (χ0n) is 14.5. The van der Waals surface area contributed by atoms with Crippen molar-refractivity contribution in [3.05, 3.63) is 23.8 Å². The van der Waals surface area contributed by atoms with Gasteiger partial charge in [-0.2, -0.15) is 0 Å². The number of rotatable bonds is 0. The lowest BCUT2D eigenvalue weighted by molar-refractivity contribution is -0.118. The van der Waals surface area contributed by atoms with Crippen molar-refractivity contribution in [2.24, 2.45) is 46.3 Å². The molecule has 1 N–H and O–H groups in total. The van der Waals surface area contributed by atoms with Crippen LogP contribution in [0.15, 0.2) is 23.8 Å².